The molecule has 4 aliphatic rings. The summed E-state index contributed by atoms with van der Waals surface area (Å²) >= 11 is 0. The van der Waals surface area contributed by atoms with Gasteiger partial charge in [0.2, 0.25) is 0 Å². The van der Waals surface area contributed by atoms with Crippen molar-refractivity contribution in [3.63, 3.8) is 0 Å². The average molecular weight is 446 g/mol. The van der Waals surface area contributed by atoms with Crippen LogP contribution in [0.1, 0.15) is 67.8 Å². The Morgan fingerprint density at radius 2 is 2.03 bits per heavy atom. The molecule has 0 bridgehead atoms. The van der Waals surface area contributed by atoms with Crippen LogP contribution in [0.3, 0.4) is 0 Å². The molecule has 3 aliphatic carbocycles. The summed E-state index contributed by atoms with van der Waals surface area (Å²) in [5.41, 5.74) is 2.13. The first-order chi connectivity index (χ1) is 15.2. The van der Waals surface area contributed by atoms with Crippen LogP contribution >= 0.6 is 0 Å². The minimum Gasteiger partial charge on any atom is -0.493 e. The second-order valence-electron chi connectivity index (χ2n) is 10.4. The highest BCUT2D eigenvalue weighted by Crippen LogP contribution is 2.52. The van der Waals surface area contributed by atoms with E-state index in [0.717, 1.165) is 36.1 Å². The molecule has 2 unspecified atom stereocenters. The summed E-state index contributed by atoms with van der Waals surface area (Å²) in [6.07, 6.45) is 5.93. The number of halogens is 2. The molecule has 5 rings (SSSR count). The number of alkyl halides is 1. The second-order valence-corrected chi connectivity index (χ2v) is 10.4. The van der Waals surface area contributed by atoms with E-state index in [-0.39, 0.29) is 23.4 Å². The van der Waals surface area contributed by atoms with Gasteiger partial charge in [-0.25, -0.2) is 13.6 Å². The number of carbonyl (C=O) groups is 2. The normalized spacial score (nSPS) is 33.5. The number of aliphatic carboxylic acids is 1. The fraction of sp³-hybridized carbons (Fsp3) is 0.600. The predicted octanol–water partition coefficient (Wildman–Crippen LogP) is 4.71. The van der Waals surface area contributed by atoms with E-state index in [0.29, 0.717) is 18.3 Å². The van der Waals surface area contributed by atoms with Gasteiger partial charge in [-0.05, 0) is 55.6 Å². The largest absolute Gasteiger partial charge is 0.493 e. The van der Waals surface area contributed by atoms with Crippen LogP contribution in [0.5, 0.6) is 5.75 Å². The molecule has 3 fully saturated rings. The fourth-order valence-electron chi connectivity index (χ4n) is 5.35. The summed E-state index contributed by atoms with van der Waals surface area (Å²) < 4.78 is 35.4. The van der Waals surface area contributed by atoms with Gasteiger partial charge >= 0.3 is 5.97 Å². The van der Waals surface area contributed by atoms with Crippen LogP contribution < -0.4 is 4.74 Å². The zero-order valence-electron chi connectivity index (χ0n) is 18.4. The lowest BCUT2D eigenvalue weighted by Crippen LogP contribution is -2.43. The molecule has 0 aromatic heterocycles. The third-order valence-corrected chi connectivity index (χ3v) is 7.66. The van der Waals surface area contributed by atoms with Crippen LogP contribution in [0.2, 0.25) is 0 Å². The Morgan fingerprint density at radius 3 is 2.69 bits per heavy atom. The standard InChI is InChI=1S/C25H29F2NO4/c1-13-20(27)11-28(22(13)24(30)31)23(29)18-8-17(14-3-4-14)21(9-19(18)26)32-12-25(2)6-5-15-7-16(15)10-25/h5,8-9,13-14,16,20,22H,3-4,6-7,10-12H2,1-2H3,(H,30,31)/t13-,16?,20+,22-,25?/m0/s1. The number of fused-ring (bicyclic) bond motifs is 1. The van der Waals surface area contributed by atoms with E-state index in [9.17, 15) is 19.1 Å². The van der Waals surface area contributed by atoms with Crippen molar-refractivity contribution in [2.45, 2.75) is 64.1 Å². The average Bonchev–Trinajstić information content (AvgIpc) is 3.65. The second kappa shape index (κ2) is 7.56. The first-order valence-electron chi connectivity index (χ1n) is 11.5. The van der Waals surface area contributed by atoms with Crippen molar-refractivity contribution in [1.82, 2.24) is 4.90 Å². The maximum absolute atomic E-state index is 15.1. The molecule has 1 heterocycles. The van der Waals surface area contributed by atoms with Gasteiger partial charge in [0, 0.05) is 17.4 Å². The molecule has 172 valence electrons. The SMILES string of the molecule is C[C@H]1[C@H](F)CN(C(=O)c2cc(C3CC3)c(OCC3(C)CC=C4CC4C3)cc2F)[C@@H]1C(=O)O. The number of hydrogen-bond acceptors (Lipinski definition) is 3. The number of carboxylic acids is 1. The zero-order valence-corrected chi connectivity index (χ0v) is 18.4. The summed E-state index contributed by atoms with van der Waals surface area (Å²) in [6.45, 7) is 3.79. The van der Waals surface area contributed by atoms with E-state index in [1.165, 1.54) is 25.5 Å². The number of benzene rings is 1. The minimum atomic E-state index is -1.45. The molecule has 0 radical (unpaired) electrons. The molecule has 1 saturated heterocycles. The molecule has 2 saturated carbocycles. The molecule has 5 nitrogen and oxygen atoms in total. The molecule has 1 aromatic rings. The van der Waals surface area contributed by atoms with Gasteiger partial charge in [-0.15, -0.1) is 0 Å². The molecule has 1 aliphatic heterocycles. The third kappa shape index (κ3) is 3.80. The van der Waals surface area contributed by atoms with E-state index >= 15 is 4.39 Å². The Balaban J connectivity index is 1.39. The van der Waals surface area contributed by atoms with Crippen LogP contribution in [0, 0.1) is 23.1 Å². The highest BCUT2D eigenvalue weighted by Gasteiger charge is 2.47. The van der Waals surface area contributed by atoms with Crippen LogP contribution in [-0.4, -0.2) is 47.2 Å². The van der Waals surface area contributed by atoms with Crippen molar-refractivity contribution in [3.05, 3.63) is 40.7 Å². The maximum atomic E-state index is 15.1. The van der Waals surface area contributed by atoms with Crippen molar-refractivity contribution in [2.24, 2.45) is 17.3 Å². The van der Waals surface area contributed by atoms with Crippen molar-refractivity contribution >= 4 is 11.9 Å². The lowest BCUT2D eigenvalue weighted by Gasteiger charge is -2.31. The molecule has 1 aromatic carbocycles. The third-order valence-electron chi connectivity index (χ3n) is 7.66. The zero-order chi connectivity index (χ0) is 22.8. The Labute approximate surface area is 186 Å². The van der Waals surface area contributed by atoms with Crippen LogP contribution in [0.25, 0.3) is 0 Å². The van der Waals surface area contributed by atoms with E-state index in [2.05, 4.69) is 13.0 Å². The van der Waals surface area contributed by atoms with Gasteiger partial charge in [0.05, 0.1) is 18.7 Å². The lowest BCUT2D eigenvalue weighted by atomic mass is 9.79. The number of rotatable bonds is 6. The number of amides is 1. The molecule has 1 N–H and O–H groups in total. The summed E-state index contributed by atoms with van der Waals surface area (Å²) in [5.74, 6) is -2.33. The van der Waals surface area contributed by atoms with Gasteiger partial charge in [0.15, 0.2) is 0 Å². The Bertz CT molecular complexity index is 1000. The highest BCUT2D eigenvalue weighted by molar-refractivity contribution is 5.97. The summed E-state index contributed by atoms with van der Waals surface area (Å²) in [4.78, 5) is 25.7. The Kier molecular flexibility index (Phi) is 5.06. The van der Waals surface area contributed by atoms with Crippen LogP contribution in [0.4, 0.5) is 8.78 Å². The van der Waals surface area contributed by atoms with Gasteiger partial charge in [0.25, 0.3) is 5.91 Å². The van der Waals surface area contributed by atoms with Gasteiger partial charge in [-0.2, -0.15) is 0 Å². The van der Waals surface area contributed by atoms with Gasteiger partial charge in [0.1, 0.15) is 23.8 Å². The number of likely N-dealkylation sites (tertiary alicyclic amines) is 1. The first-order valence-corrected chi connectivity index (χ1v) is 11.5. The van der Waals surface area contributed by atoms with Crippen molar-refractivity contribution in [3.8, 4) is 5.75 Å². The number of carbonyl (C=O) groups excluding carboxylic acids is 1. The van der Waals surface area contributed by atoms with Crippen molar-refractivity contribution in [2.75, 3.05) is 13.2 Å². The van der Waals surface area contributed by atoms with Gasteiger partial charge in [-0.3, -0.25) is 4.79 Å². The fourth-order valence-corrected chi connectivity index (χ4v) is 5.35. The van der Waals surface area contributed by atoms with Crippen molar-refractivity contribution in [1.29, 1.82) is 0 Å². The van der Waals surface area contributed by atoms with Gasteiger partial charge in [-0.1, -0.05) is 25.5 Å². The van der Waals surface area contributed by atoms with Crippen LogP contribution in [-0.2, 0) is 4.79 Å². The molecular weight excluding hydrogens is 416 g/mol. The number of carboxylic acid groups (broad SMARTS) is 1. The minimum absolute atomic E-state index is 0.00694. The van der Waals surface area contributed by atoms with E-state index in [1.54, 1.807) is 5.57 Å². The first kappa shape index (κ1) is 21.4. The summed E-state index contributed by atoms with van der Waals surface area (Å²) in [7, 11) is 0. The monoisotopic (exact) mass is 445 g/mol. The summed E-state index contributed by atoms with van der Waals surface area (Å²) in [5, 5.41) is 9.50. The summed E-state index contributed by atoms with van der Waals surface area (Å²) in [6, 6.07) is 1.46. The lowest BCUT2D eigenvalue weighted by molar-refractivity contribution is -0.142. The molecule has 32 heavy (non-hydrogen) atoms. The maximum Gasteiger partial charge on any atom is 0.326 e. The number of allylic oxidation sites excluding steroid dienone is 2. The molecule has 1 amide bonds. The van der Waals surface area contributed by atoms with E-state index < -0.39 is 35.8 Å². The number of hydrogen-bond donors (Lipinski definition) is 1. The number of ether oxygens (including phenoxy) is 1. The van der Waals surface area contributed by atoms with Gasteiger partial charge < -0.3 is 14.7 Å². The number of nitrogens with zero attached hydrogens (tertiary/aromatic N) is 1. The Morgan fingerprint density at radius 1 is 1.28 bits per heavy atom. The smallest absolute Gasteiger partial charge is 0.326 e. The van der Waals surface area contributed by atoms with E-state index in [1.807, 2.05) is 0 Å². The topological polar surface area (TPSA) is 66.8 Å². The molecule has 0 spiro atoms. The molecule has 7 heteroatoms. The highest BCUT2D eigenvalue weighted by atomic mass is 19.1. The predicted molar refractivity (Wildman–Crippen MR) is 114 cm³/mol. The van der Waals surface area contributed by atoms with E-state index in [4.69, 9.17) is 4.74 Å². The molecule has 5 atom stereocenters. The molecular formula is C25H29F2NO4. The van der Waals surface area contributed by atoms with Crippen LogP contribution in [0.15, 0.2) is 23.8 Å². The van der Waals surface area contributed by atoms with Crippen molar-refractivity contribution < 1.29 is 28.2 Å². The Hall–Kier alpha value is -2.44. The quantitative estimate of drug-likeness (QED) is 0.644.